The summed E-state index contributed by atoms with van der Waals surface area (Å²) in [6, 6.07) is 0. The molecule has 0 fully saturated rings. The van der Waals surface area contributed by atoms with Crippen LogP contribution in [-0.2, 0) is 19.1 Å². The average molecular weight is 831 g/mol. The molecular weight excluding hydrogens is 741 g/mol. The molecule has 1 N–H and O–H groups in total. The molecule has 0 aliphatic carbocycles. The minimum atomic E-state index is -0.788. The lowest BCUT2D eigenvalue weighted by Crippen LogP contribution is -2.28. The third-order valence-corrected chi connectivity index (χ3v) is 10.1. The van der Waals surface area contributed by atoms with E-state index < -0.39 is 6.10 Å². The summed E-state index contributed by atoms with van der Waals surface area (Å²) >= 11 is 0. The minimum absolute atomic E-state index is 0.0792. The molecule has 0 aromatic carbocycles. The maximum absolute atomic E-state index is 12.3. The van der Waals surface area contributed by atoms with E-state index >= 15 is 0 Å². The Hall–Kier alpha value is -3.44. The van der Waals surface area contributed by atoms with Crippen LogP contribution in [0, 0.1) is 0 Å². The van der Waals surface area contributed by atoms with Crippen LogP contribution in [0.1, 0.15) is 206 Å². The number of rotatable bonds is 43. The van der Waals surface area contributed by atoms with Gasteiger partial charge in [-0.25, -0.2) is 0 Å². The van der Waals surface area contributed by atoms with Crippen LogP contribution in [0.25, 0.3) is 0 Å². The average Bonchev–Trinajstić information content (AvgIpc) is 3.25. The van der Waals surface area contributed by atoms with Gasteiger partial charge in [0.2, 0.25) is 0 Å². The summed E-state index contributed by atoms with van der Waals surface area (Å²) in [5, 5.41) is 9.62. The predicted octanol–water partition coefficient (Wildman–Crippen LogP) is 16.2. The van der Waals surface area contributed by atoms with Gasteiger partial charge in [0, 0.05) is 12.8 Å². The molecule has 0 aliphatic rings. The highest BCUT2D eigenvalue weighted by molar-refractivity contribution is 5.70. The summed E-state index contributed by atoms with van der Waals surface area (Å²) in [5.41, 5.74) is 0. The third kappa shape index (κ3) is 47.2. The van der Waals surface area contributed by atoms with Gasteiger partial charge in [0.25, 0.3) is 0 Å². The lowest BCUT2D eigenvalue weighted by molar-refractivity contribution is -0.161. The first-order valence-electron chi connectivity index (χ1n) is 24.4. The van der Waals surface area contributed by atoms with Crippen molar-refractivity contribution in [2.75, 3.05) is 13.2 Å². The maximum Gasteiger partial charge on any atom is 0.306 e. The summed E-state index contributed by atoms with van der Waals surface area (Å²) < 4.78 is 10.7. The number of allylic oxidation sites excluding steroid dienone is 18. The molecule has 340 valence electrons. The number of hydrogen-bond donors (Lipinski definition) is 1. The number of hydrogen-bond acceptors (Lipinski definition) is 5. The van der Waals surface area contributed by atoms with Crippen molar-refractivity contribution >= 4 is 11.9 Å². The first-order chi connectivity index (χ1) is 29.6. The molecule has 0 bridgehead atoms. The van der Waals surface area contributed by atoms with E-state index in [4.69, 9.17) is 9.47 Å². The van der Waals surface area contributed by atoms with Crippen molar-refractivity contribution in [2.45, 2.75) is 213 Å². The fourth-order valence-corrected chi connectivity index (χ4v) is 6.45. The Kier molecular flexibility index (Phi) is 47.1. The molecule has 60 heavy (non-hydrogen) atoms. The van der Waals surface area contributed by atoms with E-state index in [0.29, 0.717) is 12.8 Å². The first kappa shape index (κ1) is 56.6. The highest BCUT2D eigenvalue weighted by Crippen LogP contribution is 2.14. The molecule has 0 aromatic rings. The second-order valence-corrected chi connectivity index (χ2v) is 15.8. The molecule has 0 aromatic heterocycles. The zero-order chi connectivity index (χ0) is 43.5. The molecule has 5 heteroatoms. The van der Waals surface area contributed by atoms with Crippen molar-refractivity contribution in [1.29, 1.82) is 0 Å². The smallest absolute Gasteiger partial charge is 0.306 e. The van der Waals surface area contributed by atoms with Gasteiger partial charge >= 0.3 is 11.9 Å². The van der Waals surface area contributed by atoms with Crippen molar-refractivity contribution in [1.82, 2.24) is 0 Å². The van der Waals surface area contributed by atoms with Crippen molar-refractivity contribution in [3.8, 4) is 0 Å². The zero-order valence-corrected chi connectivity index (χ0v) is 38.7. The molecule has 0 saturated carbocycles. The Morgan fingerprint density at radius 2 is 0.667 bits per heavy atom. The number of aliphatic hydroxyl groups excluding tert-OH is 1. The topological polar surface area (TPSA) is 72.8 Å². The van der Waals surface area contributed by atoms with E-state index in [1.54, 1.807) is 0 Å². The second kappa shape index (κ2) is 49.9. The van der Waals surface area contributed by atoms with Crippen LogP contribution in [0.4, 0.5) is 0 Å². The predicted molar refractivity (Wildman–Crippen MR) is 260 cm³/mol. The van der Waals surface area contributed by atoms with E-state index in [9.17, 15) is 14.7 Å². The summed E-state index contributed by atoms with van der Waals surface area (Å²) in [7, 11) is 0. The van der Waals surface area contributed by atoms with Crippen molar-refractivity contribution < 1.29 is 24.2 Å². The summed E-state index contributed by atoms with van der Waals surface area (Å²) in [4.78, 5) is 24.4. The largest absolute Gasteiger partial charge is 0.462 e. The molecule has 0 rings (SSSR count). The van der Waals surface area contributed by atoms with Crippen LogP contribution >= 0.6 is 0 Å². The van der Waals surface area contributed by atoms with Crippen LogP contribution in [0.15, 0.2) is 109 Å². The van der Waals surface area contributed by atoms with Crippen molar-refractivity contribution in [3.05, 3.63) is 109 Å². The van der Waals surface area contributed by atoms with E-state index in [1.807, 2.05) is 0 Å². The van der Waals surface area contributed by atoms with E-state index in [1.165, 1.54) is 77.0 Å². The van der Waals surface area contributed by atoms with Gasteiger partial charge in [0.05, 0.1) is 6.61 Å². The lowest BCUT2D eigenvalue weighted by Gasteiger charge is -2.15. The number of carbonyl (C=O) groups excluding carboxylic acids is 2. The number of ether oxygens (including phenoxy) is 2. The van der Waals surface area contributed by atoms with Gasteiger partial charge in [-0.05, 0) is 96.3 Å². The quantitative estimate of drug-likeness (QED) is 0.0376. The van der Waals surface area contributed by atoms with Gasteiger partial charge in [-0.2, -0.15) is 0 Å². The summed E-state index contributed by atoms with van der Waals surface area (Å²) in [5.74, 6) is -0.614. The molecule has 5 nitrogen and oxygen atoms in total. The van der Waals surface area contributed by atoms with Gasteiger partial charge in [-0.3, -0.25) is 9.59 Å². The molecule has 1 atom stereocenters. The number of unbranched alkanes of at least 4 members (excludes halogenated alkanes) is 17. The Balaban J connectivity index is 3.58. The zero-order valence-electron chi connectivity index (χ0n) is 38.7. The SMILES string of the molecule is CC/C=C\C/C=C\C/C=C\C/C=C\C/C=C\CCCCCCCCCC(=O)OC(CO)COC(=O)CCCCCCCCCCCC/C=C\C/C=C\C/C=C\C/C=C\CC. The number of carbonyl (C=O) groups is 2. The fourth-order valence-electron chi connectivity index (χ4n) is 6.45. The van der Waals surface area contributed by atoms with Gasteiger partial charge in [-0.15, -0.1) is 0 Å². The summed E-state index contributed by atoms with van der Waals surface area (Å²) in [6.45, 7) is 3.90. The van der Waals surface area contributed by atoms with Gasteiger partial charge in [-0.1, -0.05) is 207 Å². The molecule has 0 spiro atoms. The molecular formula is C55H90O5. The normalized spacial score (nSPS) is 13.2. The fraction of sp³-hybridized carbons (Fsp3) is 0.636. The van der Waals surface area contributed by atoms with Crippen LogP contribution in [0.5, 0.6) is 0 Å². The van der Waals surface area contributed by atoms with E-state index in [0.717, 1.165) is 103 Å². The number of esters is 2. The standard InChI is InChI=1S/C55H90O5/c1-3-5-7-9-11-13-15-17-19-21-23-25-27-29-31-33-35-37-39-41-43-45-47-49-54(57)59-52-53(51-56)60-55(58)50-48-46-44-42-40-38-36-34-32-30-28-26-24-22-20-18-16-14-12-10-8-6-4-2/h5-8,11-14,17-20,23-26,30,32,53,56H,3-4,9-10,15-16,21-22,27-29,31,33-52H2,1-2H3/b7-5-,8-6-,13-11-,14-12-,19-17-,20-18-,25-23-,26-24-,32-30-. The van der Waals surface area contributed by atoms with Gasteiger partial charge < -0.3 is 14.6 Å². The monoisotopic (exact) mass is 831 g/mol. The van der Waals surface area contributed by atoms with Crippen LogP contribution < -0.4 is 0 Å². The first-order valence-corrected chi connectivity index (χ1v) is 24.4. The Labute approximate surface area is 370 Å². The van der Waals surface area contributed by atoms with Gasteiger partial charge in [0.1, 0.15) is 6.61 Å². The van der Waals surface area contributed by atoms with Crippen LogP contribution in [0.2, 0.25) is 0 Å². The highest BCUT2D eigenvalue weighted by atomic mass is 16.6. The minimum Gasteiger partial charge on any atom is -0.462 e. The molecule has 0 saturated heterocycles. The highest BCUT2D eigenvalue weighted by Gasteiger charge is 2.16. The van der Waals surface area contributed by atoms with E-state index in [2.05, 4.69) is 123 Å². The van der Waals surface area contributed by atoms with Gasteiger partial charge in [0.15, 0.2) is 6.10 Å². The second-order valence-electron chi connectivity index (χ2n) is 15.8. The number of aliphatic hydroxyl groups is 1. The lowest BCUT2D eigenvalue weighted by atomic mass is 10.1. The molecule has 0 radical (unpaired) electrons. The Morgan fingerprint density at radius 1 is 0.383 bits per heavy atom. The Morgan fingerprint density at radius 3 is 1.00 bits per heavy atom. The van der Waals surface area contributed by atoms with Crippen LogP contribution in [-0.4, -0.2) is 36.4 Å². The molecule has 1 unspecified atom stereocenters. The van der Waals surface area contributed by atoms with Crippen molar-refractivity contribution in [2.24, 2.45) is 0 Å². The summed E-state index contributed by atoms with van der Waals surface area (Å²) in [6.07, 6.45) is 71.7. The van der Waals surface area contributed by atoms with Crippen LogP contribution in [0.3, 0.4) is 0 Å². The Bertz CT molecular complexity index is 1210. The van der Waals surface area contributed by atoms with Crippen molar-refractivity contribution in [3.63, 3.8) is 0 Å². The maximum atomic E-state index is 12.3. The third-order valence-electron chi connectivity index (χ3n) is 10.1. The molecule has 0 amide bonds. The molecule has 0 heterocycles. The molecule has 0 aliphatic heterocycles. The van der Waals surface area contributed by atoms with E-state index in [-0.39, 0.29) is 25.2 Å².